The van der Waals surface area contributed by atoms with Gasteiger partial charge in [-0.2, -0.15) is 0 Å². The number of furan rings is 1. The lowest BCUT2D eigenvalue weighted by atomic mass is 9.93. The van der Waals surface area contributed by atoms with E-state index in [2.05, 4.69) is 0 Å². The zero-order valence-electron chi connectivity index (χ0n) is 35.6. The molecule has 0 saturated carbocycles. The predicted octanol–water partition coefficient (Wildman–Crippen LogP) is 13.8. The Morgan fingerprint density at radius 3 is 1.96 bits per heavy atom. The SMILES string of the molecule is [2H]c1c([2H])c([2H])c(N(c2cccc(-c3cccc4oc5c6ccccc6ccc5c34)c2)c2c([2H])c([2H])c(-c3cc4ccccc4c4ccccc34)c([2H])c2[2H])c([2H])c1[2H]. The summed E-state index contributed by atoms with van der Waals surface area (Å²) >= 11 is 0. The fraction of sp³-hybridized carbons (Fsp3) is 0. The Kier molecular flexibility index (Phi) is 4.76. The summed E-state index contributed by atoms with van der Waals surface area (Å²) in [7, 11) is 0. The summed E-state index contributed by atoms with van der Waals surface area (Å²) in [5.74, 6) is 0. The van der Waals surface area contributed by atoms with Gasteiger partial charge >= 0.3 is 0 Å². The fourth-order valence-corrected chi connectivity index (χ4v) is 7.15. The maximum absolute atomic E-state index is 9.58. The van der Waals surface area contributed by atoms with Crippen LogP contribution in [0.1, 0.15) is 12.3 Å². The van der Waals surface area contributed by atoms with E-state index in [9.17, 15) is 5.48 Å². The first kappa shape index (κ1) is 20.7. The van der Waals surface area contributed by atoms with Crippen molar-refractivity contribution in [3.63, 3.8) is 0 Å². The van der Waals surface area contributed by atoms with Crippen LogP contribution in [0.5, 0.6) is 0 Å². The van der Waals surface area contributed by atoms with Gasteiger partial charge in [0.2, 0.25) is 0 Å². The average molecular weight is 647 g/mol. The van der Waals surface area contributed by atoms with E-state index in [0.29, 0.717) is 16.7 Å². The molecule has 1 heterocycles. The second-order valence-electron chi connectivity index (χ2n) is 12.2. The number of hydrogen-bond donors (Lipinski definition) is 0. The van der Waals surface area contributed by atoms with Gasteiger partial charge in [0.25, 0.3) is 0 Å². The maximum atomic E-state index is 9.58. The molecular formula is C48H31NO. The molecule has 2 nitrogen and oxygen atoms in total. The normalized spacial score (nSPS) is 14.1. The summed E-state index contributed by atoms with van der Waals surface area (Å²) in [6, 6.07) is 37.8. The van der Waals surface area contributed by atoms with Crippen LogP contribution < -0.4 is 4.90 Å². The first-order valence-electron chi connectivity index (χ1n) is 20.9. The van der Waals surface area contributed by atoms with Crippen LogP contribution >= 0.6 is 0 Å². The van der Waals surface area contributed by atoms with Gasteiger partial charge in [-0.3, -0.25) is 0 Å². The third kappa shape index (κ3) is 4.57. The summed E-state index contributed by atoms with van der Waals surface area (Å²) in [6.45, 7) is 0. The second-order valence-corrected chi connectivity index (χ2v) is 12.2. The van der Waals surface area contributed by atoms with Crippen molar-refractivity contribution in [1.82, 2.24) is 0 Å². The van der Waals surface area contributed by atoms with Crippen molar-refractivity contribution < 1.29 is 16.8 Å². The quantitative estimate of drug-likeness (QED) is 0.173. The highest BCUT2D eigenvalue weighted by Gasteiger charge is 2.18. The molecule has 0 radical (unpaired) electrons. The predicted molar refractivity (Wildman–Crippen MR) is 212 cm³/mol. The minimum atomic E-state index is -0.599. The Bertz CT molecular complexity index is 3350. The van der Waals surface area contributed by atoms with Gasteiger partial charge in [-0.1, -0.05) is 133 Å². The lowest BCUT2D eigenvalue weighted by Gasteiger charge is -2.26. The molecule has 0 aliphatic carbocycles. The molecule has 0 unspecified atom stereocenters. The molecule has 234 valence electrons. The molecular weight excluding hydrogens is 607 g/mol. The van der Waals surface area contributed by atoms with Crippen molar-refractivity contribution in [2.75, 3.05) is 4.90 Å². The van der Waals surface area contributed by atoms with Crippen LogP contribution in [-0.4, -0.2) is 0 Å². The van der Waals surface area contributed by atoms with Crippen LogP contribution in [0.15, 0.2) is 192 Å². The number of para-hydroxylation sites is 1. The molecule has 0 spiro atoms. The smallest absolute Gasteiger partial charge is 0.143 e. The number of benzene rings is 9. The molecule has 10 rings (SSSR count). The molecule has 1 aromatic heterocycles. The zero-order valence-corrected chi connectivity index (χ0v) is 26.6. The van der Waals surface area contributed by atoms with Crippen molar-refractivity contribution in [1.29, 1.82) is 0 Å². The summed E-state index contributed by atoms with van der Waals surface area (Å²) in [5.41, 5.74) is 3.20. The maximum Gasteiger partial charge on any atom is 0.143 e. The van der Waals surface area contributed by atoms with Crippen molar-refractivity contribution >= 4 is 71.3 Å². The standard InChI is InChI=1S/C48H31NO/c1-2-15-36(16-3-1)49(37-27-24-33(25-28-37)45-31-35-13-5-6-18-39(35)42-20-8-9-21-43(42)45)38-17-10-14-34(30-38)40-22-11-23-46-47(40)44-29-26-32-12-4-7-19-41(32)48(44)50-46/h1-31H/i1D,2D,3D,15D,16D,24D,25D,27D,28D. The molecule has 0 atom stereocenters. The van der Waals surface area contributed by atoms with Gasteiger partial charge in [0.1, 0.15) is 11.2 Å². The first-order valence-corrected chi connectivity index (χ1v) is 16.4. The van der Waals surface area contributed by atoms with Crippen LogP contribution in [0, 0.1) is 0 Å². The van der Waals surface area contributed by atoms with Gasteiger partial charge in [-0.25, -0.2) is 0 Å². The Hall–Kier alpha value is -6.64. The van der Waals surface area contributed by atoms with Gasteiger partial charge in [0.15, 0.2) is 0 Å². The molecule has 9 aromatic carbocycles. The minimum absolute atomic E-state index is 0.0894. The topological polar surface area (TPSA) is 16.4 Å². The van der Waals surface area contributed by atoms with Crippen molar-refractivity contribution in [3.05, 3.63) is 188 Å². The summed E-state index contributed by atoms with van der Waals surface area (Å²) < 4.78 is 88.3. The van der Waals surface area contributed by atoms with E-state index in [1.165, 1.54) is 4.90 Å². The largest absolute Gasteiger partial charge is 0.455 e. The summed E-state index contributed by atoms with van der Waals surface area (Å²) in [6.07, 6.45) is 0. The highest BCUT2D eigenvalue weighted by molar-refractivity contribution is 6.19. The lowest BCUT2D eigenvalue weighted by Crippen LogP contribution is -2.09. The van der Waals surface area contributed by atoms with E-state index in [-0.39, 0.29) is 34.7 Å². The van der Waals surface area contributed by atoms with Crippen molar-refractivity contribution in [3.8, 4) is 22.3 Å². The Labute approximate surface area is 302 Å². The third-order valence-corrected chi connectivity index (χ3v) is 9.39. The van der Waals surface area contributed by atoms with Crippen LogP contribution in [0.3, 0.4) is 0 Å². The van der Waals surface area contributed by atoms with Gasteiger partial charge in [-0.05, 0) is 104 Å². The van der Waals surface area contributed by atoms with Crippen molar-refractivity contribution in [2.45, 2.75) is 0 Å². The number of anilines is 3. The molecule has 10 aromatic rings. The van der Waals surface area contributed by atoms with E-state index >= 15 is 0 Å². The highest BCUT2D eigenvalue weighted by Crippen LogP contribution is 2.43. The zero-order chi connectivity index (χ0) is 40.9. The molecule has 0 aliphatic rings. The highest BCUT2D eigenvalue weighted by atomic mass is 16.3. The molecule has 0 bridgehead atoms. The van der Waals surface area contributed by atoms with Crippen LogP contribution in [-0.2, 0) is 0 Å². The first-order chi connectivity index (χ1) is 28.5. The number of hydrogen-bond acceptors (Lipinski definition) is 2. The molecule has 0 N–H and O–H groups in total. The van der Waals surface area contributed by atoms with Gasteiger partial charge < -0.3 is 9.32 Å². The van der Waals surface area contributed by atoms with E-state index in [4.69, 9.17) is 11.3 Å². The van der Waals surface area contributed by atoms with Crippen LogP contribution in [0.2, 0.25) is 0 Å². The molecule has 0 saturated heterocycles. The van der Waals surface area contributed by atoms with E-state index in [1.54, 1.807) is 18.2 Å². The lowest BCUT2D eigenvalue weighted by molar-refractivity contribution is 0.673. The third-order valence-electron chi connectivity index (χ3n) is 9.39. The Morgan fingerprint density at radius 2 is 1.12 bits per heavy atom. The Balaban J connectivity index is 1.24. The Morgan fingerprint density at radius 1 is 0.420 bits per heavy atom. The van der Waals surface area contributed by atoms with E-state index in [0.717, 1.165) is 54.2 Å². The van der Waals surface area contributed by atoms with Gasteiger partial charge in [0, 0.05) is 33.2 Å². The van der Waals surface area contributed by atoms with Crippen LogP contribution in [0.4, 0.5) is 17.1 Å². The van der Waals surface area contributed by atoms with Gasteiger partial charge in [-0.15, -0.1) is 0 Å². The number of fused-ring (bicyclic) bond motifs is 8. The fourth-order valence-electron chi connectivity index (χ4n) is 7.15. The average Bonchev–Trinajstić information content (AvgIpc) is 3.66. The summed E-state index contributed by atoms with van der Waals surface area (Å²) in [4.78, 5) is 1.27. The monoisotopic (exact) mass is 646 g/mol. The summed E-state index contributed by atoms with van der Waals surface area (Å²) in [5, 5.41) is 7.27. The molecule has 0 amide bonds. The molecule has 0 aliphatic heterocycles. The minimum Gasteiger partial charge on any atom is -0.455 e. The molecule has 0 fully saturated rings. The second kappa shape index (κ2) is 11.5. The number of rotatable bonds is 5. The van der Waals surface area contributed by atoms with Crippen molar-refractivity contribution in [2.24, 2.45) is 0 Å². The van der Waals surface area contributed by atoms with Gasteiger partial charge in [0.05, 0.1) is 12.3 Å². The molecule has 2 heteroatoms. The van der Waals surface area contributed by atoms with E-state index in [1.807, 2.05) is 115 Å². The van der Waals surface area contributed by atoms with Crippen LogP contribution in [0.25, 0.3) is 76.5 Å². The molecule has 50 heavy (non-hydrogen) atoms. The number of nitrogens with zero attached hydrogens (tertiary/aromatic N) is 1. The van der Waals surface area contributed by atoms with E-state index < -0.39 is 42.3 Å².